The summed E-state index contributed by atoms with van der Waals surface area (Å²) < 4.78 is 41.0. The lowest BCUT2D eigenvalue weighted by molar-refractivity contribution is -0.307. The number of hydrogen-bond acceptors (Lipinski definition) is 4. The lowest BCUT2D eigenvalue weighted by Crippen LogP contribution is -2.44. The first-order valence-corrected chi connectivity index (χ1v) is 6.37. The van der Waals surface area contributed by atoms with Gasteiger partial charge in [0.05, 0.1) is 12.0 Å². The van der Waals surface area contributed by atoms with Gasteiger partial charge in [-0.15, -0.1) is 0 Å². The summed E-state index contributed by atoms with van der Waals surface area (Å²) in [7, 11) is 0. The fourth-order valence-electron chi connectivity index (χ4n) is 1.74. The monoisotopic (exact) mass is 304 g/mol. The van der Waals surface area contributed by atoms with Crippen LogP contribution in [0.1, 0.15) is 19.4 Å². The fraction of sp³-hybridized carbons (Fsp3) is 0.500. The first-order valence-electron chi connectivity index (χ1n) is 6.37. The van der Waals surface area contributed by atoms with E-state index in [4.69, 9.17) is 0 Å². The Labute approximate surface area is 120 Å². The van der Waals surface area contributed by atoms with Crippen molar-refractivity contribution >= 4 is 11.7 Å². The second-order valence-electron chi connectivity index (χ2n) is 5.07. The lowest BCUT2D eigenvalue weighted by Gasteiger charge is -2.24. The zero-order chi connectivity index (χ0) is 16.2. The molecule has 0 aliphatic rings. The number of carboxylic acids is 1. The molecule has 0 spiro atoms. The van der Waals surface area contributed by atoms with Gasteiger partial charge in [0.25, 0.3) is 0 Å². The number of rotatable bonds is 6. The Hall–Kier alpha value is -1.92. The van der Waals surface area contributed by atoms with Gasteiger partial charge in [0.1, 0.15) is 5.75 Å². The highest BCUT2D eigenvalue weighted by atomic mass is 19.4. The number of aliphatic carboxylic acids is 1. The Kier molecular flexibility index (Phi) is 5.46. The van der Waals surface area contributed by atoms with E-state index in [9.17, 15) is 23.1 Å². The molecule has 1 N–H and O–H groups in total. The quantitative estimate of drug-likeness (QED) is 0.874. The first-order chi connectivity index (χ1) is 9.60. The zero-order valence-corrected chi connectivity index (χ0v) is 12.0. The van der Waals surface area contributed by atoms with E-state index in [1.165, 1.54) is 18.2 Å². The molecular weight excluding hydrogens is 287 g/mol. The molecule has 0 aliphatic heterocycles. The van der Waals surface area contributed by atoms with E-state index in [1.807, 2.05) is 0 Å². The van der Waals surface area contributed by atoms with Crippen molar-refractivity contribution in [3.8, 4) is 5.75 Å². The number of halogens is 3. The second kappa shape index (κ2) is 6.69. The van der Waals surface area contributed by atoms with Gasteiger partial charge in [0, 0.05) is 5.69 Å². The van der Waals surface area contributed by atoms with Crippen LogP contribution in [0.25, 0.3) is 0 Å². The van der Waals surface area contributed by atoms with Crippen LogP contribution in [0.15, 0.2) is 18.2 Å². The highest BCUT2D eigenvalue weighted by molar-refractivity contribution is 5.75. The number of carboxylic acid groups (broad SMARTS) is 1. The van der Waals surface area contributed by atoms with E-state index < -0.39 is 24.8 Å². The summed E-state index contributed by atoms with van der Waals surface area (Å²) >= 11 is 0. The van der Waals surface area contributed by atoms with Gasteiger partial charge in [-0.3, -0.25) is 0 Å². The van der Waals surface area contributed by atoms with E-state index >= 15 is 0 Å². The minimum atomic E-state index is -4.40. The Morgan fingerprint density at radius 3 is 2.43 bits per heavy atom. The summed E-state index contributed by atoms with van der Waals surface area (Å²) in [5.41, 5.74) is 0.958. The van der Waals surface area contributed by atoms with Crippen LogP contribution in [0.2, 0.25) is 0 Å². The molecule has 1 rings (SSSR count). The van der Waals surface area contributed by atoms with Crippen LogP contribution in [0, 0.1) is 12.8 Å². The van der Waals surface area contributed by atoms with Gasteiger partial charge in [0.15, 0.2) is 6.61 Å². The number of benzene rings is 1. The van der Waals surface area contributed by atoms with Crippen LogP contribution in [-0.2, 0) is 4.79 Å². The van der Waals surface area contributed by atoms with Gasteiger partial charge in [-0.25, -0.2) is 0 Å². The smallest absolute Gasteiger partial charge is 0.422 e. The largest absolute Gasteiger partial charge is 0.548 e. The molecule has 0 fully saturated rings. The van der Waals surface area contributed by atoms with Crippen LogP contribution in [0.3, 0.4) is 0 Å². The number of nitrogens with one attached hydrogen (secondary N) is 1. The predicted octanol–water partition coefficient (Wildman–Crippen LogP) is 2.12. The van der Waals surface area contributed by atoms with E-state index in [2.05, 4.69) is 10.1 Å². The van der Waals surface area contributed by atoms with Crippen LogP contribution in [0.5, 0.6) is 5.75 Å². The van der Waals surface area contributed by atoms with Crippen LogP contribution >= 0.6 is 0 Å². The first kappa shape index (κ1) is 17.1. The van der Waals surface area contributed by atoms with E-state index in [0.717, 1.165) is 0 Å². The number of aryl methyl sites for hydroxylation is 1. The Bertz CT molecular complexity index is 501. The molecule has 118 valence electrons. The molecule has 1 aromatic rings. The van der Waals surface area contributed by atoms with Gasteiger partial charge in [-0.05, 0) is 36.6 Å². The SMILES string of the molecule is Cc1cc(NC(C(=O)[O-])C(C)C)ccc1OCC(F)(F)F. The molecule has 0 aromatic heterocycles. The maximum Gasteiger partial charge on any atom is 0.422 e. The Morgan fingerprint density at radius 2 is 2.00 bits per heavy atom. The predicted molar refractivity (Wildman–Crippen MR) is 70.0 cm³/mol. The van der Waals surface area contributed by atoms with Crippen molar-refractivity contribution in [2.45, 2.75) is 33.0 Å². The highest BCUT2D eigenvalue weighted by Gasteiger charge is 2.28. The Balaban J connectivity index is 2.80. The van der Waals surface area contributed by atoms with Crippen LogP contribution in [0.4, 0.5) is 18.9 Å². The summed E-state index contributed by atoms with van der Waals surface area (Å²) in [4.78, 5) is 11.0. The minimum absolute atomic E-state index is 0.104. The van der Waals surface area contributed by atoms with E-state index in [0.29, 0.717) is 11.3 Å². The summed E-state index contributed by atoms with van der Waals surface area (Å²) in [6, 6.07) is 3.49. The van der Waals surface area contributed by atoms with Crippen molar-refractivity contribution < 1.29 is 27.8 Å². The highest BCUT2D eigenvalue weighted by Crippen LogP contribution is 2.25. The van der Waals surface area contributed by atoms with Gasteiger partial charge >= 0.3 is 6.18 Å². The molecule has 1 atom stereocenters. The molecule has 21 heavy (non-hydrogen) atoms. The van der Waals surface area contributed by atoms with Gasteiger partial charge in [-0.1, -0.05) is 13.8 Å². The number of carbonyl (C=O) groups excluding carboxylic acids is 1. The standard InChI is InChI=1S/C14H18F3NO3/c1-8(2)12(13(19)20)18-10-4-5-11(9(3)6-10)21-7-14(15,16)17/h4-6,8,12,18H,7H2,1-3H3,(H,19,20)/p-1. The number of anilines is 1. The van der Waals surface area contributed by atoms with Crippen molar-refractivity contribution in [3.05, 3.63) is 23.8 Å². The molecule has 4 nitrogen and oxygen atoms in total. The molecule has 0 saturated carbocycles. The van der Waals surface area contributed by atoms with Gasteiger partial charge in [0.2, 0.25) is 0 Å². The summed E-state index contributed by atoms with van der Waals surface area (Å²) in [5, 5.41) is 13.8. The number of hydrogen-bond donors (Lipinski definition) is 1. The molecule has 0 bridgehead atoms. The van der Waals surface area contributed by atoms with Crippen molar-refractivity contribution in [1.82, 2.24) is 0 Å². The molecule has 7 heteroatoms. The molecule has 0 heterocycles. The fourth-order valence-corrected chi connectivity index (χ4v) is 1.74. The molecule has 0 saturated heterocycles. The second-order valence-corrected chi connectivity index (χ2v) is 5.07. The third-order valence-corrected chi connectivity index (χ3v) is 2.81. The number of alkyl halides is 3. The average molecular weight is 304 g/mol. The van der Waals surface area contributed by atoms with Gasteiger partial charge in [-0.2, -0.15) is 13.2 Å². The van der Waals surface area contributed by atoms with Crippen molar-refractivity contribution in [1.29, 1.82) is 0 Å². The van der Waals surface area contributed by atoms with E-state index in [1.54, 1.807) is 20.8 Å². The van der Waals surface area contributed by atoms with Crippen molar-refractivity contribution in [2.75, 3.05) is 11.9 Å². The summed E-state index contributed by atoms with van der Waals surface area (Å²) in [6.07, 6.45) is -4.40. The molecular formula is C14H17F3NO3-. The summed E-state index contributed by atoms with van der Waals surface area (Å²) in [5.74, 6) is -1.33. The lowest BCUT2D eigenvalue weighted by atomic mass is 10.0. The van der Waals surface area contributed by atoms with Crippen LogP contribution in [-0.4, -0.2) is 24.8 Å². The maximum absolute atomic E-state index is 12.1. The van der Waals surface area contributed by atoms with E-state index in [-0.39, 0.29) is 11.7 Å². The zero-order valence-electron chi connectivity index (χ0n) is 12.0. The van der Waals surface area contributed by atoms with Gasteiger partial charge < -0.3 is 20.0 Å². The normalized spacial score (nSPS) is 13.1. The molecule has 0 amide bonds. The molecule has 1 unspecified atom stereocenters. The number of carbonyl (C=O) groups is 1. The molecule has 1 aromatic carbocycles. The van der Waals surface area contributed by atoms with Crippen molar-refractivity contribution in [3.63, 3.8) is 0 Å². The third-order valence-electron chi connectivity index (χ3n) is 2.81. The topological polar surface area (TPSA) is 61.4 Å². The number of ether oxygens (including phenoxy) is 1. The van der Waals surface area contributed by atoms with Crippen molar-refractivity contribution in [2.24, 2.45) is 5.92 Å². The minimum Gasteiger partial charge on any atom is -0.548 e. The Morgan fingerprint density at radius 1 is 1.38 bits per heavy atom. The average Bonchev–Trinajstić information content (AvgIpc) is 2.32. The van der Waals surface area contributed by atoms with Crippen LogP contribution < -0.4 is 15.2 Å². The molecule has 0 aliphatic carbocycles. The maximum atomic E-state index is 12.1. The third kappa shape index (κ3) is 5.53. The summed E-state index contributed by atoms with van der Waals surface area (Å²) in [6.45, 7) is 3.66. The molecule has 0 radical (unpaired) electrons.